The summed E-state index contributed by atoms with van der Waals surface area (Å²) >= 11 is 0. The maximum Gasteiger partial charge on any atom is 0.124 e. The first kappa shape index (κ1) is 11.1. The van der Waals surface area contributed by atoms with Gasteiger partial charge in [-0.3, -0.25) is 0 Å². The van der Waals surface area contributed by atoms with E-state index >= 15 is 0 Å². The van der Waals surface area contributed by atoms with Crippen molar-refractivity contribution in [3.63, 3.8) is 0 Å². The highest BCUT2D eigenvalue weighted by molar-refractivity contribution is 5.43. The Hall–Kier alpha value is -1.02. The first-order valence-electron chi connectivity index (χ1n) is 4.86. The van der Waals surface area contributed by atoms with Crippen LogP contribution in [0, 0.1) is 13.8 Å². The maximum absolute atomic E-state index is 9.28. The van der Waals surface area contributed by atoms with Crippen molar-refractivity contribution in [3.05, 3.63) is 28.8 Å². The van der Waals surface area contributed by atoms with E-state index in [1.165, 1.54) is 0 Å². The molecule has 78 valence electrons. The van der Waals surface area contributed by atoms with Crippen molar-refractivity contribution < 1.29 is 9.84 Å². The van der Waals surface area contributed by atoms with Gasteiger partial charge in [0, 0.05) is 0 Å². The molecule has 0 fully saturated rings. The summed E-state index contributed by atoms with van der Waals surface area (Å²) in [5.41, 5.74) is 3.42. The fraction of sp³-hybridized carbons (Fsp3) is 0.500. The Kier molecular flexibility index (Phi) is 3.53. The smallest absolute Gasteiger partial charge is 0.124 e. The molecule has 0 bridgehead atoms. The van der Waals surface area contributed by atoms with Gasteiger partial charge in [-0.15, -0.1) is 0 Å². The standard InChI is InChI=1S/C12H18O2/c1-8-5-11(7-10(3)13)6-9(2)12(8)14-4/h5-6,10,13H,7H2,1-4H3/t10-/m0/s1. The van der Waals surface area contributed by atoms with Crippen LogP contribution >= 0.6 is 0 Å². The van der Waals surface area contributed by atoms with Crippen molar-refractivity contribution in [1.82, 2.24) is 0 Å². The lowest BCUT2D eigenvalue weighted by Crippen LogP contribution is -2.05. The number of aliphatic hydroxyl groups is 1. The average Bonchev–Trinajstić information content (AvgIpc) is 2.01. The van der Waals surface area contributed by atoms with Crippen LogP contribution in [0.15, 0.2) is 12.1 Å². The molecule has 1 N–H and O–H groups in total. The largest absolute Gasteiger partial charge is 0.496 e. The predicted octanol–water partition coefficient (Wildman–Crippen LogP) is 2.24. The van der Waals surface area contributed by atoms with Crippen LogP contribution in [0.4, 0.5) is 0 Å². The molecule has 0 saturated carbocycles. The molecular formula is C12H18O2. The Labute approximate surface area is 85.5 Å². The van der Waals surface area contributed by atoms with E-state index in [0.717, 1.165) is 22.4 Å². The van der Waals surface area contributed by atoms with Crippen LogP contribution in [0.1, 0.15) is 23.6 Å². The van der Waals surface area contributed by atoms with E-state index in [-0.39, 0.29) is 6.10 Å². The topological polar surface area (TPSA) is 29.5 Å². The van der Waals surface area contributed by atoms with Crippen molar-refractivity contribution in [2.45, 2.75) is 33.3 Å². The minimum Gasteiger partial charge on any atom is -0.496 e. The van der Waals surface area contributed by atoms with Crippen LogP contribution in [0.5, 0.6) is 5.75 Å². The molecule has 0 aromatic heterocycles. The Morgan fingerprint density at radius 2 is 1.79 bits per heavy atom. The van der Waals surface area contributed by atoms with Crippen molar-refractivity contribution in [2.24, 2.45) is 0 Å². The Balaban J connectivity index is 3.01. The molecule has 0 aliphatic carbocycles. The highest BCUT2D eigenvalue weighted by Crippen LogP contribution is 2.24. The number of ether oxygens (including phenoxy) is 1. The van der Waals surface area contributed by atoms with E-state index in [9.17, 15) is 5.11 Å². The Morgan fingerprint density at radius 1 is 1.29 bits per heavy atom. The summed E-state index contributed by atoms with van der Waals surface area (Å²) in [6.45, 7) is 5.85. The van der Waals surface area contributed by atoms with Gasteiger partial charge in [-0.25, -0.2) is 0 Å². The second-order valence-corrected chi connectivity index (χ2v) is 3.82. The minimum absolute atomic E-state index is 0.290. The summed E-state index contributed by atoms with van der Waals surface area (Å²) in [6, 6.07) is 4.14. The number of aryl methyl sites for hydroxylation is 2. The van der Waals surface area contributed by atoms with Gasteiger partial charge in [0.05, 0.1) is 13.2 Å². The zero-order chi connectivity index (χ0) is 10.7. The van der Waals surface area contributed by atoms with E-state index < -0.39 is 0 Å². The summed E-state index contributed by atoms with van der Waals surface area (Å²) in [7, 11) is 1.68. The Bertz CT molecular complexity index is 293. The van der Waals surface area contributed by atoms with Crippen molar-refractivity contribution in [2.75, 3.05) is 7.11 Å². The summed E-state index contributed by atoms with van der Waals surface area (Å²) in [6.07, 6.45) is 0.410. The summed E-state index contributed by atoms with van der Waals surface area (Å²) in [5.74, 6) is 0.944. The number of rotatable bonds is 3. The normalized spacial score (nSPS) is 12.6. The fourth-order valence-electron chi connectivity index (χ4n) is 1.82. The van der Waals surface area contributed by atoms with Gasteiger partial charge in [0.25, 0.3) is 0 Å². The molecule has 1 atom stereocenters. The van der Waals surface area contributed by atoms with Crippen LogP contribution in [0.25, 0.3) is 0 Å². The number of aliphatic hydroxyl groups excluding tert-OH is 1. The molecule has 2 heteroatoms. The highest BCUT2D eigenvalue weighted by atomic mass is 16.5. The lowest BCUT2D eigenvalue weighted by atomic mass is 10.0. The van der Waals surface area contributed by atoms with Gasteiger partial charge in [0.2, 0.25) is 0 Å². The van der Waals surface area contributed by atoms with E-state index in [0.29, 0.717) is 6.42 Å². The monoisotopic (exact) mass is 194 g/mol. The molecule has 0 radical (unpaired) electrons. The van der Waals surface area contributed by atoms with Gasteiger partial charge in [-0.05, 0) is 43.9 Å². The van der Waals surface area contributed by atoms with Crippen LogP contribution in [-0.4, -0.2) is 18.3 Å². The zero-order valence-electron chi connectivity index (χ0n) is 9.29. The van der Waals surface area contributed by atoms with Crippen molar-refractivity contribution >= 4 is 0 Å². The third kappa shape index (κ3) is 2.48. The number of methoxy groups -OCH3 is 1. The molecule has 0 spiro atoms. The third-order valence-electron chi connectivity index (χ3n) is 2.26. The molecule has 0 unspecified atom stereocenters. The van der Waals surface area contributed by atoms with Gasteiger partial charge in [-0.2, -0.15) is 0 Å². The van der Waals surface area contributed by atoms with E-state index in [1.54, 1.807) is 14.0 Å². The van der Waals surface area contributed by atoms with Gasteiger partial charge < -0.3 is 9.84 Å². The molecule has 0 heterocycles. The average molecular weight is 194 g/mol. The zero-order valence-corrected chi connectivity index (χ0v) is 9.29. The summed E-state index contributed by atoms with van der Waals surface area (Å²) < 4.78 is 5.27. The predicted molar refractivity (Wildman–Crippen MR) is 57.9 cm³/mol. The highest BCUT2D eigenvalue weighted by Gasteiger charge is 2.06. The van der Waals surface area contributed by atoms with Gasteiger partial charge in [0.15, 0.2) is 0 Å². The van der Waals surface area contributed by atoms with Crippen LogP contribution in [0.3, 0.4) is 0 Å². The van der Waals surface area contributed by atoms with Crippen LogP contribution < -0.4 is 4.74 Å². The molecule has 14 heavy (non-hydrogen) atoms. The SMILES string of the molecule is COc1c(C)cc(C[C@H](C)O)cc1C. The van der Waals surface area contributed by atoms with E-state index in [2.05, 4.69) is 12.1 Å². The van der Waals surface area contributed by atoms with Crippen molar-refractivity contribution in [1.29, 1.82) is 0 Å². The first-order chi connectivity index (χ1) is 6.54. The molecule has 0 aliphatic rings. The lowest BCUT2D eigenvalue weighted by molar-refractivity contribution is 0.195. The third-order valence-corrected chi connectivity index (χ3v) is 2.26. The molecule has 1 rings (SSSR count). The van der Waals surface area contributed by atoms with Crippen LogP contribution in [-0.2, 0) is 6.42 Å². The van der Waals surface area contributed by atoms with E-state index in [4.69, 9.17) is 4.74 Å². The Morgan fingerprint density at radius 3 is 2.14 bits per heavy atom. The fourth-order valence-corrected chi connectivity index (χ4v) is 1.82. The second kappa shape index (κ2) is 4.47. The lowest BCUT2D eigenvalue weighted by Gasteiger charge is -2.12. The molecular weight excluding hydrogens is 176 g/mol. The molecule has 0 amide bonds. The van der Waals surface area contributed by atoms with E-state index in [1.807, 2.05) is 13.8 Å². The molecule has 1 aromatic rings. The minimum atomic E-state index is -0.290. The summed E-state index contributed by atoms with van der Waals surface area (Å²) in [4.78, 5) is 0. The number of hydrogen-bond acceptors (Lipinski definition) is 2. The van der Waals surface area contributed by atoms with Gasteiger partial charge >= 0.3 is 0 Å². The van der Waals surface area contributed by atoms with Crippen LogP contribution in [0.2, 0.25) is 0 Å². The van der Waals surface area contributed by atoms with Gasteiger partial charge in [-0.1, -0.05) is 12.1 Å². The summed E-state index contributed by atoms with van der Waals surface area (Å²) in [5, 5.41) is 9.28. The molecule has 0 aliphatic heterocycles. The quantitative estimate of drug-likeness (QED) is 0.799. The molecule has 1 aromatic carbocycles. The second-order valence-electron chi connectivity index (χ2n) is 3.82. The first-order valence-corrected chi connectivity index (χ1v) is 4.86. The maximum atomic E-state index is 9.28. The number of hydrogen-bond donors (Lipinski definition) is 1. The molecule has 0 saturated heterocycles. The number of benzene rings is 1. The molecule has 2 nitrogen and oxygen atoms in total. The van der Waals surface area contributed by atoms with Gasteiger partial charge in [0.1, 0.15) is 5.75 Å². The van der Waals surface area contributed by atoms with Crippen molar-refractivity contribution in [3.8, 4) is 5.75 Å².